The Morgan fingerprint density at radius 1 is 0.826 bits per heavy atom. The van der Waals surface area contributed by atoms with E-state index in [0.29, 0.717) is 33.4 Å². The maximum atomic E-state index is 14.6. The molecule has 46 heavy (non-hydrogen) atoms. The van der Waals surface area contributed by atoms with Crippen molar-refractivity contribution in [1.82, 2.24) is 10.2 Å². The molecule has 0 bridgehead atoms. The fraction of sp³-hybridized carbons (Fsp3) is 0.278. The second-order valence-corrected chi connectivity index (χ2v) is 13.9. The molecule has 0 spiro atoms. The molecule has 0 radical (unpaired) electrons. The standard InChI is InChI=1S/C36H39Cl2N3O4S/c1-4-5-21-39-36(43)34(23-28-12-7-6-8-13-28)40(24-29-17-20-31(37)32(38)22-29)35(42)25-41(33-14-10-9-11-27(33)3)46(44,45)30-18-15-26(2)16-19-30/h6-20,22,34H,4-5,21,23-25H2,1-3H3,(H,39,43)/t34-/m0/s1. The number of nitrogens with zero attached hydrogens (tertiary/aromatic N) is 2. The SMILES string of the molecule is CCCCNC(=O)[C@H](Cc1ccccc1)N(Cc1ccc(Cl)c(Cl)c1)C(=O)CN(c1ccccc1C)S(=O)(=O)c1ccc(C)cc1. The highest BCUT2D eigenvalue weighted by molar-refractivity contribution is 7.92. The Hall–Kier alpha value is -3.85. The zero-order valence-electron chi connectivity index (χ0n) is 26.2. The van der Waals surface area contributed by atoms with Crippen LogP contribution in [0.25, 0.3) is 0 Å². The first kappa shape index (κ1) is 35.0. The molecular formula is C36H39Cl2N3O4S. The van der Waals surface area contributed by atoms with Crippen molar-refractivity contribution in [2.75, 3.05) is 17.4 Å². The fourth-order valence-electron chi connectivity index (χ4n) is 5.09. The number of anilines is 1. The van der Waals surface area contributed by atoms with Gasteiger partial charge in [-0.15, -0.1) is 0 Å². The molecule has 0 saturated carbocycles. The van der Waals surface area contributed by atoms with Crippen LogP contribution in [0.2, 0.25) is 10.0 Å². The number of amides is 2. The molecule has 4 aromatic carbocycles. The Balaban J connectivity index is 1.81. The van der Waals surface area contributed by atoms with Gasteiger partial charge in [-0.25, -0.2) is 8.42 Å². The minimum Gasteiger partial charge on any atom is -0.354 e. The minimum absolute atomic E-state index is 0.000607. The lowest BCUT2D eigenvalue weighted by atomic mass is 10.0. The summed E-state index contributed by atoms with van der Waals surface area (Å²) in [7, 11) is -4.18. The summed E-state index contributed by atoms with van der Waals surface area (Å²) in [5.41, 5.74) is 3.46. The van der Waals surface area contributed by atoms with E-state index in [-0.39, 0.29) is 23.8 Å². The molecule has 0 aliphatic rings. The van der Waals surface area contributed by atoms with E-state index in [0.717, 1.165) is 28.3 Å². The van der Waals surface area contributed by atoms with E-state index in [1.54, 1.807) is 55.5 Å². The summed E-state index contributed by atoms with van der Waals surface area (Å²) >= 11 is 12.5. The second-order valence-electron chi connectivity index (χ2n) is 11.2. The van der Waals surface area contributed by atoms with Gasteiger partial charge in [0.25, 0.3) is 10.0 Å². The first-order chi connectivity index (χ1) is 22.0. The highest BCUT2D eigenvalue weighted by Crippen LogP contribution is 2.29. The molecule has 0 aromatic heterocycles. The Labute approximate surface area is 282 Å². The van der Waals surface area contributed by atoms with E-state index < -0.39 is 28.5 Å². The molecule has 4 rings (SSSR count). The van der Waals surface area contributed by atoms with Crippen LogP contribution in [0.15, 0.2) is 102 Å². The summed E-state index contributed by atoms with van der Waals surface area (Å²) in [5, 5.41) is 3.65. The number of hydrogen-bond donors (Lipinski definition) is 1. The third-order valence-corrected chi connectivity index (χ3v) is 10.2. The smallest absolute Gasteiger partial charge is 0.264 e. The predicted molar refractivity (Wildman–Crippen MR) is 186 cm³/mol. The van der Waals surface area contributed by atoms with Crippen LogP contribution >= 0.6 is 23.2 Å². The van der Waals surface area contributed by atoms with Gasteiger partial charge in [0.15, 0.2) is 0 Å². The average Bonchev–Trinajstić information content (AvgIpc) is 3.04. The molecule has 1 N–H and O–H groups in total. The van der Waals surface area contributed by atoms with Crippen LogP contribution < -0.4 is 9.62 Å². The van der Waals surface area contributed by atoms with Crippen molar-refractivity contribution >= 4 is 50.7 Å². The topological polar surface area (TPSA) is 86.8 Å². The van der Waals surface area contributed by atoms with E-state index in [1.165, 1.54) is 17.0 Å². The number of carbonyl (C=O) groups is 2. The molecule has 7 nitrogen and oxygen atoms in total. The van der Waals surface area contributed by atoms with Gasteiger partial charge >= 0.3 is 0 Å². The van der Waals surface area contributed by atoms with Crippen LogP contribution in [0.1, 0.15) is 42.0 Å². The van der Waals surface area contributed by atoms with Gasteiger partial charge in [0.2, 0.25) is 11.8 Å². The van der Waals surface area contributed by atoms with Gasteiger partial charge in [-0.05, 0) is 67.3 Å². The second kappa shape index (κ2) is 16.1. The number of carbonyl (C=O) groups excluding carboxylic acids is 2. The van der Waals surface area contributed by atoms with Crippen molar-refractivity contribution in [2.24, 2.45) is 0 Å². The molecule has 242 valence electrons. The summed E-state index contributed by atoms with van der Waals surface area (Å²) in [4.78, 5) is 29.9. The van der Waals surface area contributed by atoms with Crippen molar-refractivity contribution < 1.29 is 18.0 Å². The summed E-state index contributed by atoms with van der Waals surface area (Å²) in [6, 6.07) is 27.0. The highest BCUT2D eigenvalue weighted by Gasteiger charge is 2.35. The summed E-state index contributed by atoms with van der Waals surface area (Å²) in [6.07, 6.45) is 1.89. The molecule has 0 aliphatic carbocycles. The number of nitrogens with one attached hydrogen (secondary N) is 1. The van der Waals surface area contributed by atoms with E-state index >= 15 is 0 Å². The Kier molecular flexibility index (Phi) is 12.3. The maximum absolute atomic E-state index is 14.6. The van der Waals surface area contributed by atoms with Gasteiger partial charge in [-0.3, -0.25) is 13.9 Å². The van der Waals surface area contributed by atoms with Gasteiger partial charge in [0.1, 0.15) is 12.6 Å². The van der Waals surface area contributed by atoms with Gasteiger partial charge in [-0.2, -0.15) is 0 Å². The van der Waals surface area contributed by atoms with Gasteiger partial charge < -0.3 is 10.2 Å². The summed E-state index contributed by atoms with van der Waals surface area (Å²) in [5.74, 6) is -0.869. The van der Waals surface area contributed by atoms with Crippen LogP contribution in [0.3, 0.4) is 0 Å². The Bertz CT molecular complexity index is 1750. The number of halogens is 2. The first-order valence-corrected chi connectivity index (χ1v) is 17.4. The zero-order chi connectivity index (χ0) is 33.3. The van der Waals surface area contributed by atoms with Crippen molar-refractivity contribution in [3.8, 4) is 0 Å². The van der Waals surface area contributed by atoms with Crippen molar-refractivity contribution in [2.45, 2.75) is 57.5 Å². The van der Waals surface area contributed by atoms with Crippen molar-refractivity contribution in [3.63, 3.8) is 0 Å². The molecular weight excluding hydrogens is 641 g/mol. The number of benzene rings is 4. The molecule has 10 heteroatoms. The van der Waals surface area contributed by atoms with Gasteiger partial charge in [0.05, 0.1) is 20.6 Å². The normalized spacial score (nSPS) is 11.9. The number of aryl methyl sites for hydroxylation is 2. The lowest BCUT2D eigenvalue weighted by molar-refractivity contribution is -0.140. The molecule has 0 aliphatic heterocycles. The van der Waals surface area contributed by atoms with Crippen molar-refractivity contribution in [3.05, 3.63) is 129 Å². The van der Waals surface area contributed by atoms with Gasteiger partial charge in [0, 0.05) is 19.5 Å². The summed E-state index contributed by atoms with van der Waals surface area (Å²) < 4.78 is 29.5. The van der Waals surface area contributed by atoms with Crippen LogP contribution in [0.4, 0.5) is 5.69 Å². The lowest BCUT2D eigenvalue weighted by Gasteiger charge is -2.34. The highest BCUT2D eigenvalue weighted by atomic mass is 35.5. The molecule has 4 aromatic rings. The number of sulfonamides is 1. The molecule has 1 atom stereocenters. The van der Waals surface area contributed by atoms with E-state index in [4.69, 9.17) is 23.2 Å². The molecule has 2 amide bonds. The average molecular weight is 681 g/mol. The third-order valence-electron chi connectivity index (χ3n) is 7.71. The third kappa shape index (κ3) is 8.90. The van der Waals surface area contributed by atoms with Gasteiger partial charge in [-0.1, -0.05) is 109 Å². The zero-order valence-corrected chi connectivity index (χ0v) is 28.6. The minimum atomic E-state index is -4.18. The lowest BCUT2D eigenvalue weighted by Crippen LogP contribution is -2.53. The monoisotopic (exact) mass is 679 g/mol. The number of rotatable bonds is 14. The van der Waals surface area contributed by atoms with Crippen LogP contribution in [-0.2, 0) is 32.6 Å². The molecule has 0 fully saturated rings. The van der Waals surface area contributed by atoms with Crippen LogP contribution in [0, 0.1) is 13.8 Å². The number of unbranched alkanes of at least 4 members (excludes halogenated alkanes) is 1. The number of hydrogen-bond acceptors (Lipinski definition) is 4. The maximum Gasteiger partial charge on any atom is 0.264 e. The number of para-hydroxylation sites is 1. The summed E-state index contributed by atoms with van der Waals surface area (Å²) in [6.45, 7) is 5.62. The Morgan fingerprint density at radius 2 is 1.50 bits per heavy atom. The van der Waals surface area contributed by atoms with E-state index in [9.17, 15) is 18.0 Å². The quantitative estimate of drug-likeness (QED) is 0.141. The molecule has 0 unspecified atom stereocenters. The van der Waals surface area contributed by atoms with Crippen molar-refractivity contribution in [1.29, 1.82) is 0 Å². The van der Waals surface area contributed by atoms with E-state index in [1.807, 2.05) is 50.2 Å². The molecule has 0 saturated heterocycles. The van der Waals surface area contributed by atoms with Crippen LogP contribution in [-0.4, -0.2) is 44.3 Å². The fourth-order valence-corrected chi connectivity index (χ4v) is 6.89. The molecule has 0 heterocycles. The largest absolute Gasteiger partial charge is 0.354 e. The van der Waals surface area contributed by atoms with Crippen LogP contribution in [0.5, 0.6) is 0 Å². The first-order valence-electron chi connectivity index (χ1n) is 15.2. The van der Waals surface area contributed by atoms with E-state index in [2.05, 4.69) is 5.32 Å². The predicted octanol–water partition coefficient (Wildman–Crippen LogP) is 7.36. The Morgan fingerprint density at radius 3 is 2.15 bits per heavy atom.